The minimum atomic E-state index is 0.245. The predicted octanol–water partition coefficient (Wildman–Crippen LogP) is 0.338. The molecule has 1 fully saturated rings. The third-order valence-corrected chi connectivity index (χ3v) is 3.09. The fourth-order valence-electron chi connectivity index (χ4n) is 1.81. The molecule has 0 aromatic carbocycles. The molecule has 4 heteroatoms. The van der Waals surface area contributed by atoms with Crippen LogP contribution in [0.3, 0.4) is 0 Å². The number of piperazine rings is 1. The van der Waals surface area contributed by atoms with Gasteiger partial charge in [-0.15, -0.1) is 0 Å². The van der Waals surface area contributed by atoms with Gasteiger partial charge in [-0.3, -0.25) is 15.2 Å². The zero-order valence-corrected chi connectivity index (χ0v) is 9.51. The molecule has 1 heterocycles. The van der Waals surface area contributed by atoms with E-state index in [1.165, 1.54) is 0 Å². The fourth-order valence-corrected chi connectivity index (χ4v) is 1.81. The lowest BCUT2D eigenvalue weighted by atomic mass is 10.00. The molecular weight excluding hydrogens is 176 g/mol. The highest BCUT2D eigenvalue weighted by Gasteiger charge is 2.30. The third kappa shape index (κ3) is 2.96. The lowest BCUT2D eigenvalue weighted by Gasteiger charge is -2.45. The van der Waals surface area contributed by atoms with E-state index < -0.39 is 0 Å². The summed E-state index contributed by atoms with van der Waals surface area (Å²) in [6, 6.07) is 0. The molecule has 0 aliphatic carbocycles. The van der Waals surface area contributed by atoms with Gasteiger partial charge in [-0.1, -0.05) is 0 Å². The van der Waals surface area contributed by atoms with Crippen LogP contribution >= 0.6 is 0 Å². The molecule has 0 spiro atoms. The number of nitrogens with one attached hydrogen (secondary N) is 1. The highest BCUT2D eigenvalue weighted by atomic mass is 15.3. The molecule has 1 aliphatic rings. The third-order valence-electron chi connectivity index (χ3n) is 3.09. The first-order valence-corrected chi connectivity index (χ1v) is 5.18. The van der Waals surface area contributed by atoms with Crippen LogP contribution < -0.4 is 5.73 Å². The molecule has 0 bridgehead atoms. The van der Waals surface area contributed by atoms with Crippen molar-refractivity contribution in [3.05, 3.63) is 0 Å². The Morgan fingerprint density at radius 1 is 1.43 bits per heavy atom. The van der Waals surface area contributed by atoms with Gasteiger partial charge in [0.05, 0.1) is 5.84 Å². The monoisotopic (exact) mass is 198 g/mol. The zero-order valence-electron chi connectivity index (χ0n) is 9.51. The maximum atomic E-state index is 7.19. The summed E-state index contributed by atoms with van der Waals surface area (Å²) < 4.78 is 0. The quantitative estimate of drug-likeness (QED) is 0.508. The van der Waals surface area contributed by atoms with Crippen molar-refractivity contribution in [1.82, 2.24) is 9.80 Å². The Bertz CT molecular complexity index is 212. The molecule has 0 atom stereocenters. The second kappa shape index (κ2) is 4.28. The molecule has 0 aromatic heterocycles. The molecule has 1 rings (SSSR count). The Balaban J connectivity index is 2.39. The standard InChI is InChI=1S/C10H22N4/c1-10(2)8-14(5-4-9(11)12)7-6-13(10)3/h4-8H2,1-3H3,(H3,11,12). The van der Waals surface area contributed by atoms with Crippen LogP contribution in [0, 0.1) is 5.41 Å². The van der Waals surface area contributed by atoms with Crippen molar-refractivity contribution in [2.75, 3.05) is 33.2 Å². The minimum absolute atomic E-state index is 0.245. The molecular formula is C10H22N4. The summed E-state index contributed by atoms with van der Waals surface area (Å²) in [7, 11) is 2.17. The number of likely N-dealkylation sites (N-methyl/N-ethyl adjacent to an activating group) is 1. The van der Waals surface area contributed by atoms with Crippen LogP contribution in [0.1, 0.15) is 20.3 Å². The molecule has 0 amide bonds. The fraction of sp³-hybridized carbons (Fsp3) is 0.900. The Morgan fingerprint density at radius 3 is 2.57 bits per heavy atom. The summed E-state index contributed by atoms with van der Waals surface area (Å²) in [5.41, 5.74) is 5.60. The summed E-state index contributed by atoms with van der Waals surface area (Å²) in [6.07, 6.45) is 0.694. The second-order valence-electron chi connectivity index (χ2n) is 4.79. The van der Waals surface area contributed by atoms with Crippen molar-refractivity contribution in [3.8, 4) is 0 Å². The van der Waals surface area contributed by atoms with Gasteiger partial charge >= 0.3 is 0 Å². The SMILES string of the molecule is CN1CCN(CCC(=N)N)CC1(C)C. The maximum Gasteiger partial charge on any atom is 0.0918 e. The number of rotatable bonds is 3. The van der Waals surface area contributed by atoms with Crippen LogP contribution in [-0.4, -0.2) is 54.4 Å². The Labute approximate surface area is 86.6 Å². The predicted molar refractivity (Wildman–Crippen MR) is 59.7 cm³/mol. The van der Waals surface area contributed by atoms with Crippen molar-refractivity contribution < 1.29 is 0 Å². The topological polar surface area (TPSA) is 56.4 Å². The van der Waals surface area contributed by atoms with E-state index in [1.807, 2.05) is 0 Å². The first-order chi connectivity index (χ1) is 6.42. The Kier molecular flexibility index (Phi) is 3.50. The largest absolute Gasteiger partial charge is 0.388 e. The maximum absolute atomic E-state index is 7.19. The Morgan fingerprint density at radius 2 is 2.07 bits per heavy atom. The van der Waals surface area contributed by atoms with Gasteiger partial charge in [-0.2, -0.15) is 0 Å². The van der Waals surface area contributed by atoms with Gasteiger partial charge in [-0.25, -0.2) is 0 Å². The highest BCUT2D eigenvalue weighted by molar-refractivity contribution is 5.76. The van der Waals surface area contributed by atoms with E-state index in [1.54, 1.807) is 0 Å². The smallest absolute Gasteiger partial charge is 0.0918 e. The average molecular weight is 198 g/mol. The van der Waals surface area contributed by atoms with Crippen molar-refractivity contribution in [1.29, 1.82) is 5.41 Å². The van der Waals surface area contributed by atoms with Crippen molar-refractivity contribution in [2.24, 2.45) is 5.73 Å². The Hall–Kier alpha value is -0.610. The molecule has 14 heavy (non-hydrogen) atoms. The molecule has 1 aliphatic heterocycles. The molecule has 4 nitrogen and oxygen atoms in total. The van der Waals surface area contributed by atoms with Crippen LogP contribution in [0.5, 0.6) is 0 Å². The van der Waals surface area contributed by atoms with E-state index in [9.17, 15) is 0 Å². The van der Waals surface area contributed by atoms with Crippen LogP contribution in [-0.2, 0) is 0 Å². The molecule has 0 radical (unpaired) electrons. The highest BCUT2D eigenvalue weighted by Crippen LogP contribution is 2.18. The lowest BCUT2D eigenvalue weighted by molar-refractivity contribution is 0.0415. The summed E-state index contributed by atoms with van der Waals surface area (Å²) >= 11 is 0. The lowest BCUT2D eigenvalue weighted by Crippen LogP contribution is -2.57. The van der Waals surface area contributed by atoms with Gasteiger partial charge in [0.15, 0.2) is 0 Å². The van der Waals surface area contributed by atoms with Gasteiger partial charge in [0.25, 0.3) is 0 Å². The summed E-state index contributed by atoms with van der Waals surface area (Å²) in [4.78, 5) is 4.78. The van der Waals surface area contributed by atoms with Gasteiger partial charge in [0.1, 0.15) is 0 Å². The van der Waals surface area contributed by atoms with Crippen molar-refractivity contribution in [2.45, 2.75) is 25.8 Å². The molecule has 3 N–H and O–H groups in total. The van der Waals surface area contributed by atoms with Crippen LogP contribution in [0.25, 0.3) is 0 Å². The van der Waals surface area contributed by atoms with Gasteiger partial charge in [0.2, 0.25) is 0 Å². The van der Waals surface area contributed by atoms with Crippen molar-refractivity contribution >= 4 is 5.84 Å². The second-order valence-corrected chi connectivity index (χ2v) is 4.79. The molecule has 1 saturated heterocycles. The summed E-state index contributed by atoms with van der Waals surface area (Å²) in [5, 5.41) is 7.19. The number of nitrogens with zero attached hydrogens (tertiary/aromatic N) is 2. The summed E-state index contributed by atoms with van der Waals surface area (Å²) in [6.45, 7) is 8.70. The minimum Gasteiger partial charge on any atom is -0.388 e. The molecule has 82 valence electrons. The number of hydrogen-bond donors (Lipinski definition) is 2. The first kappa shape index (κ1) is 11.5. The molecule has 0 saturated carbocycles. The number of nitrogens with two attached hydrogens (primary N) is 1. The van der Waals surface area contributed by atoms with Crippen LogP contribution in [0.15, 0.2) is 0 Å². The van der Waals surface area contributed by atoms with Crippen LogP contribution in [0.2, 0.25) is 0 Å². The van der Waals surface area contributed by atoms with Gasteiger partial charge < -0.3 is 5.73 Å². The van der Waals surface area contributed by atoms with E-state index in [4.69, 9.17) is 11.1 Å². The zero-order chi connectivity index (χ0) is 10.8. The first-order valence-electron chi connectivity index (χ1n) is 5.18. The van der Waals surface area contributed by atoms with E-state index in [-0.39, 0.29) is 5.54 Å². The van der Waals surface area contributed by atoms with E-state index in [0.29, 0.717) is 12.3 Å². The van der Waals surface area contributed by atoms with Crippen LogP contribution in [0.4, 0.5) is 0 Å². The number of amidine groups is 1. The van der Waals surface area contributed by atoms with E-state index in [0.717, 1.165) is 26.2 Å². The van der Waals surface area contributed by atoms with E-state index >= 15 is 0 Å². The average Bonchev–Trinajstić information content (AvgIpc) is 2.07. The van der Waals surface area contributed by atoms with Crippen molar-refractivity contribution in [3.63, 3.8) is 0 Å². The van der Waals surface area contributed by atoms with Gasteiger partial charge in [0, 0.05) is 38.1 Å². The summed E-state index contributed by atoms with van der Waals surface area (Å²) in [5.74, 6) is 0.293. The molecule has 0 unspecified atom stereocenters. The molecule has 0 aromatic rings. The van der Waals surface area contributed by atoms with Gasteiger partial charge in [-0.05, 0) is 20.9 Å². The normalized spacial score (nSPS) is 23.6. The number of hydrogen-bond acceptors (Lipinski definition) is 3. The van der Waals surface area contributed by atoms with E-state index in [2.05, 4.69) is 30.7 Å².